The molecular weight excluding hydrogens is 322 g/mol. The first-order chi connectivity index (χ1) is 11.7. The maximum absolute atomic E-state index is 12.1. The Bertz CT molecular complexity index is 627. The molecule has 0 saturated carbocycles. The molecule has 1 amide bonds. The molecule has 1 saturated heterocycles. The molecule has 1 fully saturated rings. The molecule has 0 bridgehead atoms. The number of likely N-dealkylation sites (tertiary alicyclic amines) is 1. The van der Waals surface area contributed by atoms with Crippen LogP contribution in [0.4, 0.5) is 4.79 Å². The third-order valence-corrected chi connectivity index (χ3v) is 4.25. The van der Waals surface area contributed by atoms with Crippen LogP contribution >= 0.6 is 0 Å². The van der Waals surface area contributed by atoms with Gasteiger partial charge in [0.25, 0.3) is 0 Å². The molecule has 1 heterocycles. The molecule has 1 aliphatic rings. The van der Waals surface area contributed by atoms with E-state index in [0.717, 1.165) is 18.4 Å². The van der Waals surface area contributed by atoms with E-state index in [-0.39, 0.29) is 6.09 Å². The molecule has 0 aliphatic carbocycles. The van der Waals surface area contributed by atoms with Crippen molar-refractivity contribution in [1.29, 1.82) is 0 Å². The lowest BCUT2D eigenvalue weighted by molar-refractivity contribution is 0.0204. The molecule has 1 aromatic rings. The predicted octanol–water partition coefficient (Wildman–Crippen LogP) is 3.60. The van der Waals surface area contributed by atoms with Gasteiger partial charge in [-0.2, -0.15) is 0 Å². The lowest BCUT2D eigenvalue weighted by Crippen LogP contribution is -2.41. The first-order valence-electron chi connectivity index (χ1n) is 8.49. The van der Waals surface area contributed by atoms with Gasteiger partial charge in [-0.1, -0.05) is 6.07 Å². The summed E-state index contributed by atoms with van der Waals surface area (Å²) in [5, 5.41) is 0. The van der Waals surface area contributed by atoms with Crippen molar-refractivity contribution in [2.75, 3.05) is 27.3 Å². The number of rotatable bonds is 3. The van der Waals surface area contributed by atoms with Gasteiger partial charge in [-0.15, -0.1) is 0 Å². The van der Waals surface area contributed by atoms with Crippen LogP contribution in [0.25, 0.3) is 0 Å². The van der Waals surface area contributed by atoms with E-state index in [4.69, 9.17) is 14.2 Å². The number of amides is 1. The van der Waals surface area contributed by atoms with Crippen LogP contribution in [0.15, 0.2) is 18.2 Å². The van der Waals surface area contributed by atoms with Gasteiger partial charge in [0.2, 0.25) is 0 Å². The highest BCUT2D eigenvalue weighted by Crippen LogP contribution is 2.32. The van der Waals surface area contributed by atoms with Crippen LogP contribution in [-0.2, 0) is 9.47 Å². The number of methoxy groups -OCH3 is 2. The highest BCUT2D eigenvalue weighted by atomic mass is 16.6. The van der Waals surface area contributed by atoms with Gasteiger partial charge in [0.05, 0.1) is 14.2 Å². The molecule has 6 nitrogen and oxygen atoms in total. The number of esters is 1. The van der Waals surface area contributed by atoms with Crippen molar-refractivity contribution in [3.8, 4) is 5.75 Å². The quantitative estimate of drug-likeness (QED) is 0.780. The Kier molecular flexibility index (Phi) is 5.93. The van der Waals surface area contributed by atoms with E-state index in [1.54, 1.807) is 11.0 Å². The average molecular weight is 349 g/mol. The van der Waals surface area contributed by atoms with E-state index in [1.165, 1.54) is 14.2 Å². The molecule has 138 valence electrons. The molecule has 25 heavy (non-hydrogen) atoms. The minimum Gasteiger partial charge on any atom is -0.496 e. The summed E-state index contributed by atoms with van der Waals surface area (Å²) in [4.78, 5) is 25.6. The van der Waals surface area contributed by atoms with Crippen LogP contribution in [0, 0.1) is 0 Å². The number of hydrogen-bond acceptors (Lipinski definition) is 5. The minimum absolute atomic E-state index is 0.260. The van der Waals surface area contributed by atoms with Gasteiger partial charge in [-0.05, 0) is 57.2 Å². The lowest BCUT2D eigenvalue weighted by Gasteiger charge is -2.33. The molecule has 2 rings (SSSR count). The third kappa shape index (κ3) is 4.87. The zero-order valence-corrected chi connectivity index (χ0v) is 15.6. The van der Waals surface area contributed by atoms with Crippen LogP contribution in [-0.4, -0.2) is 49.9 Å². The number of carbonyl (C=O) groups is 2. The minimum atomic E-state index is -0.481. The Hall–Kier alpha value is -2.24. The summed E-state index contributed by atoms with van der Waals surface area (Å²) in [6.07, 6.45) is 1.43. The molecule has 0 atom stereocenters. The zero-order chi connectivity index (χ0) is 18.6. The molecular formula is C19H27NO5. The summed E-state index contributed by atoms with van der Waals surface area (Å²) in [6.45, 7) is 6.91. The van der Waals surface area contributed by atoms with Crippen molar-refractivity contribution in [3.05, 3.63) is 29.3 Å². The van der Waals surface area contributed by atoms with Crippen LogP contribution < -0.4 is 4.74 Å². The Balaban J connectivity index is 2.03. The largest absolute Gasteiger partial charge is 0.496 e. The Morgan fingerprint density at radius 3 is 2.28 bits per heavy atom. The average Bonchev–Trinajstić information content (AvgIpc) is 2.59. The first-order valence-corrected chi connectivity index (χ1v) is 8.49. The second-order valence-electron chi connectivity index (χ2n) is 7.19. The monoisotopic (exact) mass is 349 g/mol. The SMILES string of the molecule is COC(=O)c1ccc(C2CCN(C(=O)OC(C)(C)C)CC2)cc1OC. The normalized spacial score (nSPS) is 15.6. The molecule has 0 aromatic heterocycles. The maximum atomic E-state index is 12.1. The Morgan fingerprint density at radius 2 is 1.76 bits per heavy atom. The molecule has 6 heteroatoms. The van der Waals surface area contributed by atoms with E-state index >= 15 is 0 Å². The summed E-state index contributed by atoms with van der Waals surface area (Å²) in [5.74, 6) is 0.418. The molecule has 0 spiro atoms. The first kappa shape index (κ1) is 19.1. The van der Waals surface area contributed by atoms with Gasteiger partial charge in [0.1, 0.15) is 16.9 Å². The highest BCUT2D eigenvalue weighted by Gasteiger charge is 2.28. The molecule has 0 radical (unpaired) electrons. The molecule has 1 aliphatic heterocycles. The Labute approximate surface area is 149 Å². The van der Waals surface area contributed by atoms with Gasteiger partial charge in [0, 0.05) is 13.1 Å². The van der Waals surface area contributed by atoms with Crippen molar-refractivity contribution in [2.24, 2.45) is 0 Å². The summed E-state index contributed by atoms with van der Waals surface area (Å²) in [5.41, 5.74) is 1.04. The van der Waals surface area contributed by atoms with E-state index in [1.807, 2.05) is 32.9 Å². The Morgan fingerprint density at radius 1 is 1.12 bits per heavy atom. The fourth-order valence-corrected chi connectivity index (χ4v) is 2.96. The fourth-order valence-electron chi connectivity index (χ4n) is 2.96. The topological polar surface area (TPSA) is 65.1 Å². The van der Waals surface area contributed by atoms with Crippen molar-refractivity contribution in [3.63, 3.8) is 0 Å². The van der Waals surface area contributed by atoms with E-state index in [0.29, 0.717) is 30.3 Å². The fraction of sp³-hybridized carbons (Fsp3) is 0.579. The van der Waals surface area contributed by atoms with Gasteiger partial charge < -0.3 is 19.1 Å². The van der Waals surface area contributed by atoms with Gasteiger partial charge >= 0.3 is 12.1 Å². The summed E-state index contributed by atoms with van der Waals surface area (Å²) in [6, 6.07) is 5.56. The summed E-state index contributed by atoms with van der Waals surface area (Å²) >= 11 is 0. The predicted molar refractivity (Wildman–Crippen MR) is 94.1 cm³/mol. The van der Waals surface area contributed by atoms with Crippen LogP contribution in [0.5, 0.6) is 5.75 Å². The molecule has 0 unspecified atom stereocenters. The summed E-state index contributed by atoms with van der Waals surface area (Å²) in [7, 11) is 2.89. The standard InChI is InChI=1S/C19H27NO5/c1-19(2,3)25-18(22)20-10-8-13(9-11-20)14-6-7-15(17(21)24-5)16(12-14)23-4/h6-7,12-13H,8-11H2,1-5H3. The second-order valence-corrected chi connectivity index (χ2v) is 7.19. The van der Waals surface area contributed by atoms with Crippen molar-refractivity contribution in [2.45, 2.75) is 45.1 Å². The van der Waals surface area contributed by atoms with Gasteiger partial charge in [0.15, 0.2) is 0 Å². The number of nitrogens with zero attached hydrogens (tertiary/aromatic N) is 1. The van der Waals surface area contributed by atoms with Crippen LogP contribution in [0.3, 0.4) is 0 Å². The summed E-state index contributed by atoms with van der Waals surface area (Å²) < 4.78 is 15.5. The number of hydrogen-bond donors (Lipinski definition) is 0. The van der Waals surface area contributed by atoms with Gasteiger partial charge in [-0.3, -0.25) is 0 Å². The molecule has 1 aromatic carbocycles. The smallest absolute Gasteiger partial charge is 0.410 e. The van der Waals surface area contributed by atoms with Crippen LogP contribution in [0.1, 0.15) is 55.5 Å². The second kappa shape index (κ2) is 7.76. The van der Waals surface area contributed by atoms with E-state index in [9.17, 15) is 9.59 Å². The van der Waals surface area contributed by atoms with Crippen LogP contribution in [0.2, 0.25) is 0 Å². The van der Waals surface area contributed by atoms with Crippen molar-refractivity contribution in [1.82, 2.24) is 4.90 Å². The number of benzene rings is 1. The lowest BCUT2D eigenvalue weighted by atomic mass is 9.89. The van der Waals surface area contributed by atoms with Gasteiger partial charge in [-0.25, -0.2) is 9.59 Å². The third-order valence-electron chi connectivity index (χ3n) is 4.25. The van der Waals surface area contributed by atoms with E-state index in [2.05, 4.69) is 0 Å². The maximum Gasteiger partial charge on any atom is 0.410 e. The van der Waals surface area contributed by atoms with E-state index < -0.39 is 11.6 Å². The number of piperidine rings is 1. The zero-order valence-electron chi connectivity index (χ0n) is 15.6. The number of ether oxygens (including phenoxy) is 3. The van der Waals surface area contributed by atoms with Crippen molar-refractivity contribution < 1.29 is 23.8 Å². The molecule has 0 N–H and O–H groups in total. The highest BCUT2D eigenvalue weighted by molar-refractivity contribution is 5.92. The number of carbonyl (C=O) groups excluding carboxylic acids is 2. The van der Waals surface area contributed by atoms with Crippen molar-refractivity contribution >= 4 is 12.1 Å².